The molecule has 20 heavy (non-hydrogen) atoms. The van der Waals surface area contributed by atoms with Crippen LogP contribution in [0.15, 0.2) is 56.9 Å². The van der Waals surface area contributed by atoms with Crippen LogP contribution in [0.5, 0.6) is 0 Å². The smallest absolute Gasteiger partial charge is 0.175 e. The summed E-state index contributed by atoms with van der Waals surface area (Å²) >= 11 is 1.56. The van der Waals surface area contributed by atoms with Crippen LogP contribution in [-0.2, 0) is 9.84 Å². The molecule has 0 saturated carbocycles. The lowest BCUT2D eigenvalue weighted by Crippen LogP contribution is -2.22. The number of thioether (sulfide) groups is 1. The van der Waals surface area contributed by atoms with Gasteiger partial charge in [-0.2, -0.15) is 0 Å². The van der Waals surface area contributed by atoms with Gasteiger partial charge >= 0.3 is 0 Å². The van der Waals surface area contributed by atoms with E-state index >= 15 is 0 Å². The monoisotopic (exact) mass is 311 g/mol. The lowest BCUT2D eigenvalue weighted by molar-refractivity contribution is 0.487. The maximum Gasteiger partial charge on any atom is 0.175 e. The van der Waals surface area contributed by atoms with Gasteiger partial charge < -0.3 is 10.2 Å². The van der Waals surface area contributed by atoms with Crippen LogP contribution in [0.2, 0.25) is 0 Å². The van der Waals surface area contributed by atoms with E-state index < -0.39 is 9.84 Å². The van der Waals surface area contributed by atoms with Gasteiger partial charge in [-0.05, 0) is 43.3 Å². The molecule has 0 bridgehead atoms. The lowest BCUT2D eigenvalue weighted by Gasteiger charge is -2.18. The van der Waals surface area contributed by atoms with Crippen molar-refractivity contribution >= 4 is 21.6 Å². The van der Waals surface area contributed by atoms with Gasteiger partial charge in [-0.1, -0.05) is 0 Å². The second kappa shape index (κ2) is 6.03. The van der Waals surface area contributed by atoms with Crippen LogP contribution in [-0.4, -0.2) is 20.7 Å². The predicted molar refractivity (Wildman–Crippen MR) is 80.5 cm³/mol. The minimum absolute atomic E-state index is 0.00548. The Kier molecular flexibility index (Phi) is 4.57. The van der Waals surface area contributed by atoms with E-state index in [-0.39, 0.29) is 11.3 Å². The number of benzene rings is 1. The average molecular weight is 311 g/mol. The fourth-order valence-corrected chi connectivity index (χ4v) is 3.47. The molecule has 2 atom stereocenters. The molecular weight excluding hydrogens is 294 g/mol. The first kappa shape index (κ1) is 15.2. The minimum atomic E-state index is -3.16. The average Bonchev–Trinajstić information content (AvgIpc) is 2.88. The standard InChI is InChI=1S/C14H17NO3S2/c1-10(15)14(13-4-3-9-18-13)19-11-5-7-12(8-6-11)20(2,16)17/h3-10,14H,15H2,1-2H3. The zero-order chi connectivity index (χ0) is 14.8. The van der Waals surface area contributed by atoms with E-state index in [1.54, 1.807) is 42.3 Å². The summed E-state index contributed by atoms with van der Waals surface area (Å²) in [5.74, 6) is 0.817. The Hall–Kier alpha value is -1.24. The Balaban J connectivity index is 2.20. The molecule has 1 aromatic heterocycles. The van der Waals surface area contributed by atoms with Crippen molar-refractivity contribution in [2.24, 2.45) is 5.73 Å². The highest BCUT2D eigenvalue weighted by atomic mass is 32.2. The van der Waals surface area contributed by atoms with Gasteiger partial charge in [0.1, 0.15) is 5.76 Å². The molecule has 0 aliphatic heterocycles. The summed E-state index contributed by atoms with van der Waals surface area (Å²) < 4.78 is 28.2. The summed E-state index contributed by atoms with van der Waals surface area (Å²) in [6, 6.07) is 10.4. The van der Waals surface area contributed by atoms with Gasteiger partial charge in [-0.15, -0.1) is 11.8 Å². The Morgan fingerprint density at radius 3 is 2.30 bits per heavy atom. The third-order valence-corrected chi connectivity index (χ3v) is 5.40. The van der Waals surface area contributed by atoms with E-state index in [1.807, 2.05) is 19.1 Å². The van der Waals surface area contributed by atoms with Crippen molar-refractivity contribution in [1.29, 1.82) is 0 Å². The SMILES string of the molecule is CC(N)C(Sc1ccc(S(C)(=O)=O)cc1)c1ccco1. The minimum Gasteiger partial charge on any atom is -0.468 e. The summed E-state index contributed by atoms with van der Waals surface area (Å²) in [6.07, 6.45) is 2.82. The third kappa shape index (κ3) is 3.65. The van der Waals surface area contributed by atoms with E-state index in [4.69, 9.17) is 10.2 Å². The van der Waals surface area contributed by atoms with Gasteiger partial charge in [0.15, 0.2) is 9.84 Å². The third-order valence-electron chi connectivity index (χ3n) is 2.82. The Bertz CT molecular complexity index is 646. The molecule has 2 aromatic rings. The summed E-state index contributed by atoms with van der Waals surface area (Å²) in [4.78, 5) is 1.27. The van der Waals surface area contributed by atoms with E-state index in [1.165, 1.54) is 6.26 Å². The van der Waals surface area contributed by atoms with Crippen LogP contribution < -0.4 is 5.73 Å². The number of rotatable bonds is 5. The quantitative estimate of drug-likeness (QED) is 0.860. The van der Waals surface area contributed by atoms with Crippen molar-refractivity contribution in [2.75, 3.05) is 6.26 Å². The Morgan fingerprint density at radius 2 is 1.85 bits per heavy atom. The topological polar surface area (TPSA) is 73.3 Å². The maximum absolute atomic E-state index is 11.4. The van der Waals surface area contributed by atoms with Crippen molar-refractivity contribution < 1.29 is 12.8 Å². The molecule has 0 saturated heterocycles. The van der Waals surface area contributed by atoms with E-state index in [9.17, 15) is 8.42 Å². The van der Waals surface area contributed by atoms with E-state index in [2.05, 4.69) is 0 Å². The van der Waals surface area contributed by atoms with Gasteiger partial charge in [0.2, 0.25) is 0 Å². The fourth-order valence-electron chi connectivity index (χ4n) is 1.79. The highest BCUT2D eigenvalue weighted by Gasteiger charge is 2.20. The molecular formula is C14H17NO3S2. The highest BCUT2D eigenvalue weighted by molar-refractivity contribution is 7.99. The molecule has 2 rings (SSSR count). The molecule has 0 amide bonds. The molecule has 1 aromatic carbocycles. The molecule has 6 heteroatoms. The Morgan fingerprint density at radius 1 is 1.20 bits per heavy atom. The number of hydrogen-bond acceptors (Lipinski definition) is 5. The first-order valence-corrected chi connectivity index (χ1v) is 8.91. The van der Waals surface area contributed by atoms with Crippen LogP contribution in [0, 0.1) is 0 Å². The largest absolute Gasteiger partial charge is 0.468 e. The van der Waals surface area contributed by atoms with Crippen LogP contribution >= 0.6 is 11.8 Å². The van der Waals surface area contributed by atoms with Crippen LogP contribution in [0.25, 0.3) is 0 Å². The second-order valence-corrected chi connectivity index (χ2v) is 7.89. The molecule has 2 unspecified atom stereocenters. The molecule has 0 radical (unpaired) electrons. The maximum atomic E-state index is 11.4. The second-order valence-electron chi connectivity index (χ2n) is 4.66. The van der Waals surface area contributed by atoms with E-state index in [0.29, 0.717) is 4.90 Å². The fraction of sp³-hybridized carbons (Fsp3) is 0.286. The molecule has 1 heterocycles. The van der Waals surface area contributed by atoms with Crippen LogP contribution in [0.1, 0.15) is 17.9 Å². The van der Waals surface area contributed by atoms with Gasteiger partial charge in [0.25, 0.3) is 0 Å². The summed E-state index contributed by atoms with van der Waals surface area (Å²) in [6.45, 7) is 1.92. The van der Waals surface area contributed by atoms with Gasteiger partial charge in [-0.3, -0.25) is 0 Å². The molecule has 2 N–H and O–H groups in total. The van der Waals surface area contributed by atoms with Gasteiger partial charge in [0, 0.05) is 17.2 Å². The number of hydrogen-bond donors (Lipinski definition) is 1. The van der Waals surface area contributed by atoms with E-state index in [0.717, 1.165) is 10.7 Å². The first-order valence-electron chi connectivity index (χ1n) is 6.13. The van der Waals surface area contributed by atoms with Crippen molar-refractivity contribution in [2.45, 2.75) is 28.0 Å². The van der Waals surface area contributed by atoms with Crippen LogP contribution in [0.3, 0.4) is 0 Å². The van der Waals surface area contributed by atoms with Crippen molar-refractivity contribution in [3.8, 4) is 0 Å². The summed E-state index contributed by atoms with van der Waals surface area (Å²) in [5.41, 5.74) is 6.00. The number of sulfone groups is 1. The normalized spacial score (nSPS) is 14.9. The zero-order valence-corrected chi connectivity index (χ0v) is 12.9. The number of furan rings is 1. The molecule has 0 fully saturated rings. The number of nitrogens with two attached hydrogens (primary N) is 1. The molecule has 0 aliphatic carbocycles. The molecule has 108 valence electrons. The Labute approximate surface area is 123 Å². The van der Waals surface area contributed by atoms with Crippen molar-refractivity contribution in [3.63, 3.8) is 0 Å². The van der Waals surface area contributed by atoms with Crippen LogP contribution in [0.4, 0.5) is 0 Å². The van der Waals surface area contributed by atoms with Crippen molar-refractivity contribution in [1.82, 2.24) is 0 Å². The van der Waals surface area contributed by atoms with Crippen molar-refractivity contribution in [3.05, 3.63) is 48.4 Å². The zero-order valence-electron chi connectivity index (χ0n) is 11.3. The first-order chi connectivity index (χ1) is 9.38. The molecule has 4 nitrogen and oxygen atoms in total. The molecule has 0 aliphatic rings. The van der Waals surface area contributed by atoms with Gasteiger partial charge in [0.05, 0.1) is 16.4 Å². The highest BCUT2D eigenvalue weighted by Crippen LogP contribution is 2.37. The molecule has 0 spiro atoms. The van der Waals surface area contributed by atoms with Gasteiger partial charge in [-0.25, -0.2) is 8.42 Å². The summed E-state index contributed by atoms with van der Waals surface area (Å²) in [5, 5.41) is -0.00548. The summed E-state index contributed by atoms with van der Waals surface area (Å²) in [7, 11) is -3.16. The predicted octanol–water partition coefficient (Wildman–Crippen LogP) is 2.86. The lowest BCUT2D eigenvalue weighted by atomic mass is 10.2.